The average molecular weight is 368 g/mol. The lowest BCUT2D eigenvalue weighted by Crippen LogP contribution is -2.26. The second-order valence-electron chi connectivity index (χ2n) is 6.71. The van der Waals surface area contributed by atoms with Gasteiger partial charge in [-0.1, -0.05) is 23.8 Å². The molecule has 1 aliphatic rings. The molecule has 0 saturated carbocycles. The van der Waals surface area contributed by atoms with Crippen molar-refractivity contribution in [2.24, 2.45) is 0 Å². The zero-order valence-electron chi connectivity index (χ0n) is 15.4. The van der Waals surface area contributed by atoms with Crippen LogP contribution in [0, 0.1) is 5.82 Å². The van der Waals surface area contributed by atoms with E-state index in [1.807, 2.05) is 0 Å². The number of benzene rings is 1. The van der Waals surface area contributed by atoms with Crippen LogP contribution in [0.2, 0.25) is 0 Å². The second kappa shape index (κ2) is 9.80. The molecular weight excluding hydrogens is 343 g/mol. The molecule has 1 aromatic carbocycles. The van der Waals surface area contributed by atoms with E-state index in [2.05, 4.69) is 26.7 Å². The first-order valence-electron chi connectivity index (χ1n) is 9.47. The van der Waals surface area contributed by atoms with Gasteiger partial charge in [0.15, 0.2) is 0 Å². The van der Waals surface area contributed by atoms with Crippen molar-refractivity contribution >= 4 is 11.9 Å². The van der Waals surface area contributed by atoms with E-state index >= 15 is 0 Å². The summed E-state index contributed by atoms with van der Waals surface area (Å²) in [5.41, 5.74) is 2.90. The van der Waals surface area contributed by atoms with Crippen LogP contribution in [-0.2, 0) is 6.42 Å². The van der Waals surface area contributed by atoms with E-state index in [1.165, 1.54) is 55.8 Å². The fourth-order valence-corrected chi connectivity index (χ4v) is 3.08. The first kappa shape index (κ1) is 19.0. The van der Waals surface area contributed by atoms with Crippen molar-refractivity contribution in [3.63, 3.8) is 0 Å². The molecule has 0 saturated heterocycles. The van der Waals surface area contributed by atoms with Crippen molar-refractivity contribution in [2.45, 2.75) is 38.5 Å². The van der Waals surface area contributed by atoms with Gasteiger partial charge in [-0.15, -0.1) is 0 Å². The molecule has 0 bridgehead atoms. The highest BCUT2D eigenvalue weighted by atomic mass is 19.1. The molecule has 0 atom stereocenters. The number of hydrogen-bond acceptors (Lipinski definition) is 4. The van der Waals surface area contributed by atoms with Crippen LogP contribution in [0.25, 0.3) is 0 Å². The molecule has 3 rings (SSSR count). The Balaban J connectivity index is 1.40. The molecule has 0 spiro atoms. The fraction of sp³-hybridized carbons (Fsp3) is 0.381. The molecular formula is C21H25FN4O. The van der Waals surface area contributed by atoms with Gasteiger partial charge >= 0.3 is 0 Å². The van der Waals surface area contributed by atoms with Crippen LogP contribution in [0.5, 0.6) is 0 Å². The Hall–Kier alpha value is -2.76. The van der Waals surface area contributed by atoms with Gasteiger partial charge < -0.3 is 10.6 Å². The van der Waals surface area contributed by atoms with Gasteiger partial charge in [0.25, 0.3) is 5.91 Å². The first-order chi connectivity index (χ1) is 13.2. The van der Waals surface area contributed by atoms with Gasteiger partial charge in [-0.25, -0.2) is 14.4 Å². The number of hydrogen-bond donors (Lipinski definition) is 2. The number of halogens is 1. The molecule has 142 valence electrons. The Morgan fingerprint density at radius 1 is 1.04 bits per heavy atom. The molecule has 1 aliphatic carbocycles. The lowest BCUT2D eigenvalue weighted by atomic mass is 9.97. The van der Waals surface area contributed by atoms with Crippen LogP contribution in [0.1, 0.15) is 48.0 Å². The highest BCUT2D eigenvalue weighted by Crippen LogP contribution is 2.19. The summed E-state index contributed by atoms with van der Waals surface area (Å²) in [6.07, 6.45) is 12.0. The number of carbonyl (C=O) groups is 1. The van der Waals surface area contributed by atoms with Gasteiger partial charge in [0, 0.05) is 25.5 Å². The Labute approximate surface area is 159 Å². The fourth-order valence-electron chi connectivity index (χ4n) is 3.08. The summed E-state index contributed by atoms with van der Waals surface area (Å²) >= 11 is 0. The molecule has 1 heterocycles. The first-order valence-corrected chi connectivity index (χ1v) is 9.47. The zero-order valence-corrected chi connectivity index (χ0v) is 15.4. The molecule has 5 nitrogen and oxygen atoms in total. The maximum absolute atomic E-state index is 12.9. The monoisotopic (exact) mass is 368 g/mol. The number of anilines is 1. The number of nitrogens with one attached hydrogen (secondary N) is 2. The Morgan fingerprint density at radius 3 is 2.52 bits per heavy atom. The van der Waals surface area contributed by atoms with Crippen LogP contribution in [0.4, 0.5) is 10.3 Å². The van der Waals surface area contributed by atoms with Crippen LogP contribution in [0.15, 0.2) is 48.3 Å². The summed E-state index contributed by atoms with van der Waals surface area (Å²) in [4.78, 5) is 20.6. The minimum atomic E-state index is -0.260. The minimum absolute atomic E-state index is 0.212. The molecule has 2 N–H and O–H groups in total. The summed E-state index contributed by atoms with van der Waals surface area (Å²) in [7, 11) is 0. The number of carbonyl (C=O) groups excluding carboxylic acids is 1. The zero-order chi connectivity index (χ0) is 18.9. The van der Waals surface area contributed by atoms with Crippen molar-refractivity contribution in [3.05, 3.63) is 65.3 Å². The molecule has 6 heteroatoms. The van der Waals surface area contributed by atoms with Crippen molar-refractivity contribution in [1.29, 1.82) is 0 Å². The van der Waals surface area contributed by atoms with Crippen molar-refractivity contribution < 1.29 is 9.18 Å². The normalized spacial score (nSPS) is 13.7. The van der Waals surface area contributed by atoms with Crippen molar-refractivity contribution in [2.75, 3.05) is 18.4 Å². The number of rotatable bonds is 8. The number of nitrogens with zero attached hydrogens (tertiary/aromatic N) is 2. The van der Waals surface area contributed by atoms with E-state index in [0.717, 1.165) is 18.5 Å². The molecule has 1 amide bonds. The van der Waals surface area contributed by atoms with Crippen molar-refractivity contribution in [3.8, 4) is 0 Å². The van der Waals surface area contributed by atoms with Gasteiger partial charge in [0.2, 0.25) is 5.95 Å². The lowest BCUT2D eigenvalue weighted by Gasteiger charge is -2.12. The Bertz CT molecular complexity index is 772. The topological polar surface area (TPSA) is 66.9 Å². The van der Waals surface area contributed by atoms with E-state index < -0.39 is 0 Å². The number of amides is 1. The van der Waals surface area contributed by atoms with Crippen LogP contribution >= 0.6 is 0 Å². The van der Waals surface area contributed by atoms with Gasteiger partial charge in [-0.3, -0.25) is 4.79 Å². The van der Waals surface area contributed by atoms with Gasteiger partial charge in [-0.05, 0) is 56.2 Å². The summed E-state index contributed by atoms with van der Waals surface area (Å²) in [5, 5.41) is 6.03. The van der Waals surface area contributed by atoms with Gasteiger partial charge in [0.05, 0.1) is 5.56 Å². The van der Waals surface area contributed by atoms with Crippen molar-refractivity contribution in [1.82, 2.24) is 15.3 Å². The molecule has 1 aromatic heterocycles. The van der Waals surface area contributed by atoms with Crippen LogP contribution in [-0.4, -0.2) is 29.0 Å². The van der Waals surface area contributed by atoms with Crippen LogP contribution in [0.3, 0.4) is 0 Å². The molecule has 0 unspecified atom stereocenters. The third-order valence-electron chi connectivity index (χ3n) is 4.64. The van der Waals surface area contributed by atoms with Crippen LogP contribution < -0.4 is 10.6 Å². The van der Waals surface area contributed by atoms with E-state index in [-0.39, 0.29) is 11.7 Å². The smallest absolute Gasteiger partial charge is 0.254 e. The maximum atomic E-state index is 12.9. The average Bonchev–Trinajstić information content (AvgIpc) is 2.71. The predicted molar refractivity (Wildman–Crippen MR) is 104 cm³/mol. The SMILES string of the molecule is O=C(NCCc1ccc(F)cc1)c1cnc(NCCC2=CCCCC2)nc1. The standard InChI is InChI=1S/C21H25FN4O/c22-19-8-6-17(7-9-19)10-12-23-20(27)18-14-25-21(26-15-18)24-13-11-16-4-2-1-3-5-16/h4,6-9,14-15H,1-3,5,10-13H2,(H,23,27)(H,24,25,26). The van der Waals surface area contributed by atoms with E-state index in [0.29, 0.717) is 24.5 Å². The maximum Gasteiger partial charge on any atom is 0.254 e. The Morgan fingerprint density at radius 2 is 1.81 bits per heavy atom. The molecule has 27 heavy (non-hydrogen) atoms. The molecule has 0 fully saturated rings. The lowest BCUT2D eigenvalue weighted by molar-refractivity contribution is 0.0953. The molecule has 0 aliphatic heterocycles. The molecule has 2 aromatic rings. The highest BCUT2D eigenvalue weighted by molar-refractivity contribution is 5.93. The number of allylic oxidation sites excluding steroid dienone is 1. The summed E-state index contributed by atoms with van der Waals surface area (Å²) in [6.45, 7) is 1.27. The minimum Gasteiger partial charge on any atom is -0.354 e. The van der Waals surface area contributed by atoms with Gasteiger partial charge in [0.1, 0.15) is 5.82 Å². The third-order valence-corrected chi connectivity index (χ3v) is 4.64. The quantitative estimate of drug-likeness (QED) is 0.694. The van der Waals surface area contributed by atoms with E-state index in [4.69, 9.17) is 0 Å². The third kappa shape index (κ3) is 6.16. The number of aromatic nitrogens is 2. The highest BCUT2D eigenvalue weighted by Gasteiger charge is 2.07. The summed E-state index contributed by atoms with van der Waals surface area (Å²) < 4.78 is 12.9. The van der Waals surface area contributed by atoms with E-state index in [1.54, 1.807) is 12.1 Å². The predicted octanol–water partition coefficient (Wildman–Crippen LogP) is 3.89. The van der Waals surface area contributed by atoms with E-state index in [9.17, 15) is 9.18 Å². The molecule has 0 radical (unpaired) electrons. The largest absolute Gasteiger partial charge is 0.354 e. The summed E-state index contributed by atoms with van der Waals surface area (Å²) in [5.74, 6) is 0.0643. The Kier molecular flexibility index (Phi) is 6.90. The van der Waals surface area contributed by atoms with Gasteiger partial charge in [-0.2, -0.15) is 0 Å². The summed E-state index contributed by atoms with van der Waals surface area (Å²) in [6, 6.07) is 6.27. The second-order valence-corrected chi connectivity index (χ2v) is 6.71.